The summed E-state index contributed by atoms with van der Waals surface area (Å²) in [6.07, 6.45) is 2.59. The highest BCUT2D eigenvalue weighted by Gasteiger charge is 2.03. The minimum Gasteiger partial charge on any atom is -0.494 e. The van der Waals surface area contributed by atoms with Crippen LogP contribution in [0.25, 0.3) is 0 Å². The van der Waals surface area contributed by atoms with E-state index in [4.69, 9.17) is 9.47 Å². The van der Waals surface area contributed by atoms with E-state index in [0.717, 1.165) is 10.2 Å². The molecule has 5 nitrogen and oxygen atoms in total. The molecule has 0 aliphatic rings. The molecular formula is C16H17BrN2O3. The van der Waals surface area contributed by atoms with Gasteiger partial charge in [-0.3, -0.25) is 4.79 Å². The third-order valence-corrected chi connectivity index (χ3v) is 3.34. The van der Waals surface area contributed by atoms with Gasteiger partial charge in [0.2, 0.25) is 11.8 Å². The van der Waals surface area contributed by atoms with Crippen LogP contribution in [0.1, 0.15) is 12.8 Å². The van der Waals surface area contributed by atoms with Crippen molar-refractivity contribution in [2.24, 2.45) is 0 Å². The smallest absolute Gasteiger partial charge is 0.224 e. The minimum absolute atomic E-state index is 0.0650. The number of carbonyl (C=O) groups is 1. The molecular weight excluding hydrogens is 348 g/mol. The van der Waals surface area contributed by atoms with Gasteiger partial charge in [-0.25, -0.2) is 4.98 Å². The van der Waals surface area contributed by atoms with E-state index in [1.54, 1.807) is 25.4 Å². The highest BCUT2D eigenvalue weighted by atomic mass is 79.9. The molecule has 0 bridgehead atoms. The molecule has 1 aromatic heterocycles. The number of aromatic nitrogens is 1. The fraction of sp³-hybridized carbons (Fsp3) is 0.250. The van der Waals surface area contributed by atoms with E-state index < -0.39 is 0 Å². The molecule has 0 atom stereocenters. The lowest BCUT2D eigenvalue weighted by Gasteiger charge is -2.07. The average molecular weight is 365 g/mol. The number of amides is 1. The van der Waals surface area contributed by atoms with Crippen molar-refractivity contribution < 1.29 is 14.3 Å². The van der Waals surface area contributed by atoms with Crippen molar-refractivity contribution >= 4 is 27.5 Å². The van der Waals surface area contributed by atoms with E-state index in [1.165, 1.54) is 0 Å². The number of nitrogens with one attached hydrogen (secondary N) is 1. The zero-order valence-electron chi connectivity index (χ0n) is 12.2. The summed E-state index contributed by atoms with van der Waals surface area (Å²) in [6, 6.07) is 11.1. The van der Waals surface area contributed by atoms with Crippen molar-refractivity contribution in [3.8, 4) is 11.6 Å². The standard InChI is InChI=1S/C16H17BrN2O3/c1-21-16-8-7-13(11-18-16)19-15(20)6-3-9-22-14-5-2-4-12(17)10-14/h2,4-5,7-8,10-11H,3,6,9H2,1H3,(H,19,20). The molecule has 0 aliphatic heterocycles. The van der Waals surface area contributed by atoms with Crippen molar-refractivity contribution in [2.75, 3.05) is 19.0 Å². The Morgan fingerprint density at radius 2 is 2.18 bits per heavy atom. The molecule has 0 fully saturated rings. The summed E-state index contributed by atoms with van der Waals surface area (Å²) in [6.45, 7) is 0.491. The third-order valence-electron chi connectivity index (χ3n) is 2.84. The Morgan fingerprint density at radius 3 is 2.86 bits per heavy atom. The third kappa shape index (κ3) is 5.37. The van der Waals surface area contributed by atoms with Gasteiger partial charge in [0.15, 0.2) is 0 Å². The first-order valence-corrected chi connectivity index (χ1v) is 7.65. The number of nitrogens with zero attached hydrogens (tertiary/aromatic N) is 1. The number of hydrogen-bond acceptors (Lipinski definition) is 4. The molecule has 116 valence electrons. The molecule has 6 heteroatoms. The van der Waals surface area contributed by atoms with Gasteiger partial charge in [0.05, 0.1) is 25.6 Å². The lowest BCUT2D eigenvalue weighted by atomic mass is 10.3. The van der Waals surface area contributed by atoms with E-state index in [0.29, 0.717) is 31.0 Å². The van der Waals surface area contributed by atoms with Crippen LogP contribution in [0.2, 0.25) is 0 Å². The van der Waals surface area contributed by atoms with Crippen molar-refractivity contribution in [3.05, 3.63) is 47.1 Å². The van der Waals surface area contributed by atoms with Gasteiger partial charge in [-0.15, -0.1) is 0 Å². The zero-order valence-corrected chi connectivity index (χ0v) is 13.8. The maximum atomic E-state index is 11.8. The Bertz CT molecular complexity index is 617. The van der Waals surface area contributed by atoms with Crippen molar-refractivity contribution in [2.45, 2.75) is 12.8 Å². The van der Waals surface area contributed by atoms with Gasteiger partial charge in [-0.1, -0.05) is 22.0 Å². The molecule has 2 aromatic rings. The largest absolute Gasteiger partial charge is 0.494 e. The highest BCUT2D eigenvalue weighted by molar-refractivity contribution is 9.10. The first-order valence-electron chi connectivity index (χ1n) is 6.85. The van der Waals surface area contributed by atoms with Gasteiger partial charge < -0.3 is 14.8 Å². The van der Waals surface area contributed by atoms with Crippen molar-refractivity contribution in [1.29, 1.82) is 0 Å². The van der Waals surface area contributed by atoms with E-state index >= 15 is 0 Å². The molecule has 1 heterocycles. The molecule has 1 aromatic carbocycles. The zero-order chi connectivity index (χ0) is 15.8. The lowest BCUT2D eigenvalue weighted by molar-refractivity contribution is -0.116. The Balaban J connectivity index is 1.69. The van der Waals surface area contributed by atoms with Gasteiger partial charge in [0.25, 0.3) is 0 Å². The van der Waals surface area contributed by atoms with Crippen LogP contribution in [-0.2, 0) is 4.79 Å². The van der Waals surface area contributed by atoms with E-state index in [9.17, 15) is 4.79 Å². The lowest BCUT2D eigenvalue weighted by Crippen LogP contribution is -2.13. The second-order valence-corrected chi connectivity index (χ2v) is 5.46. The van der Waals surface area contributed by atoms with Crippen LogP contribution >= 0.6 is 15.9 Å². The highest BCUT2D eigenvalue weighted by Crippen LogP contribution is 2.18. The number of pyridine rings is 1. The molecule has 22 heavy (non-hydrogen) atoms. The van der Waals surface area contributed by atoms with Crippen LogP contribution in [0.4, 0.5) is 5.69 Å². The molecule has 0 saturated heterocycles. The Labute approximate surface area is 137 Å². The first kappa shape index (κ1) is 16.3. The van der Waals surface area contributed by atoms with Crippen molar-refractivity contribution in [3.63, 3.8) is 0 Å². The number of benzene rings is 1. The van der Waals surface area contributed by atoms with Crippen LogP contribution in [0.3, 0.4) is 0 Å². The van der Waals surface area contributed by atoms with Crippen molar-refractivity contribution in [1.82, 2.24) is 4.98 Å². The predicted molar refractivity (Wildman–Crippen MR) is 88.3 cm³/mol. The Morgan fingerprint density at radius 1 is 1.32 bits per heavy atom. The van der Waals surface area contributed by atoms with E-state index in [-0.39, 0.29) is 5.91 Å². The van der Waals surface area contributed by atoms with Crippen LogP contribution in [-0.4, -0.2) is 24.6 Å². The molecule has 2 rings (SSSR count). The number of carbonyl (C=O) groups excluding carboxylic acids is 1. The van der Waals surface area contributed by atoms with Gasteiger partial charge in [-0.2, -0.15) is 0 Å². The van der Waals surface area contributed by atoms with E-state index in [2.05, 4.69) is 26.2 Å². The van der Waals surface area contributed by atoms with Crippen LogP contribution in [0.5, 0.6) is 11.6 Å². The quantitative estimate of drug-likeness (QED) is 0.761. The van der Waals surface area contributed by atoms with Crippen LogP contribution < -0.4 is 14.8 Å². The summed E-state index contributed by atoms with van der Waals surface area (Å²) in [4.78, 5) is 15.8. The summed E-state index contributed by atoms with van der Waals surface area (Å²) in [5, 5.41) is 2.78. The maximum absolute atomic E-state index is 11.8. The van der Waals surface area contributed by atoms with Gasteiger partial charge in [0, 0.05) is 17.0 Å². The monoisotopic (exact) mass is 364 g/mol. The van der Waals surface area contributed by atoms with Gasteiger partial charge in [-0.05, 0) is 30.7 Å². The molecule has 0 radical (unpaired) electrons. The fourth-order valence-electron chi connectivity index (χ4n) is 1.78. The number of methoxy groups -OCH3 is 1. The summed E-state index contributed by atoms with van der Waals surface area (Å²) < 4.78 is 11.5. The minimum atomic E-state index is -0.0650. The fourth-order valence-corrected chi connectivity index (χ4v) is 2.16. The first-order chi connectivity index (χ1) is 10.7. The van der Waals surface area contributed by atoms with Gasteiger partial charge >= 0.3 is 0 Å². The number of ether oxygens (including phenoxy) is 2. The summed E-state index contributed by atoms with van der Waals surface area (Å²) in [7, 11) is 1.55. The van der Waals surface area contributed by atoms with Crippen LogP contribution in [0, 0.1) is 0 Å². The number of hydrogen-bond donors (Lipinski definition) is 1. The number of halogens is 1. The SMILES string of the molecule is COc1ccc(NC(=O)CCCOc2cccc(Br)c2)cn1. The topological polar surface area (TPSA) is 60.5 Å². The summed E-state index contributed by atoms with van der Waals surface area (Å²) in [5.74, 6) is 1.24. The Hall–Kier alpha value is -2.08. The van der Waals surface area contributed by atoms with Crippen LogP contribution in [0.15, 0.2) is 47.1 Å². The molecule has 0 aliphatic carbocycles. The summed E-state index contributed by atoms with van der Waals surface area (Å²) in [5.41, 5.74) is 0.652. The molecule has 1 amide bonds. The maximum Gasteiger partial charge on any atom is 0.224 e. The second kappa shape index (κ2) is 8.38. The number of rotatable bonds is 7. The molecule has 0 spiro atoms. The predicted octanol–water partition coefficient (Wildman–Crippen LogP) is 3.65. The number of anilines is 1. The molecule has 0 saturated carbocycles. The second-order valence-electron chi connectivity index (χ2n) is 4.55. The van der Waals surface area contributed by atoms with Gasteiger partial charge in [0.1, 0.15) is 5.75 Å². The molecule has 0 unspecified atom stereocenters. The molecule has 1 N–H and O–H groups in total. The summed E-state index contributed by atoms with van der Waals surface area (Å²) >= 11 is 3.38. The Kier molecular flexibility index (Phi) is 6.21. The normalized spacial score (nSPS) is 10.1. The van der Waals surface area contributed by atoms with E-state index in [1.807, 2.05) is 24.3 Å². The average Bonchev–Trinajstić information content (AvgIpc) is 2.52.